The summed E-state index contributed by atoms with van der Waals surface area (Å²) < 4.78 is 13.3. The van der Waals surface area contributed by atoms with Gasteiger partial charge < -0.3 is 14.8 Å². The Morgan fingerprint density at radius 3 is 2.69 bits per heavy atom. The molecule has 4 rings (SSSR count). The fourth-order valence-corrected chi connectivity index (χ4v) is 3.39. The van der Waals surface area contributed by atoms with Crippen LogP contribution in [0.2, 0.25) is 0 Å². The van der Waals surface area contributed by atoms with Crippen molar-refractivity contribution in [2.24, 2.45) is 7.05 Å². The van der Waals surface area contributed by atoms with E-state index in [1.54, 1.807) is 22.9 Å². The van der Waals surface area contributed by atoms with Crippen molar-refractivity contribution in [1.82, 2.24) is 15.1 Å². The van der Waals surface area contributed by atoms with E-state index in [1.807, 2.05) is 31.4 Å². The molecule has 2 aromatic carbocycles. The molecular weight excluding hydrogens is 372 g/mol. The molecule has 0 atom stereocenters. The number of para-hydroxylation sites is 1. The lowest BCUT2D eigenvalue weighted by Gasteiger charge is -2.10. The highest BCUT2D eigenvalue weighted by molar-refractivity contribution is 5.66. The second-order valence-corrected chi connectivity index (χ2v) is 6.88. The van der Waals surface area contributed by atoms with Gasteiger partial charge in [-0.05, 0) is 18.2 Å². The maximum atomic E-state index is 11.2. The maximum absolute atomic E-state index is 11.2. The highest BCUT2D eigenvalue weighted by Crippen LogP contribution is 2.34. The minimum atomic E-state index is -0.357. The summed E-state index contributed by atoms with van der Waals surface area (Å²) in [4.78, 5) is 10.8. The van der Waals surface area contributed by atoms with Crippen LogP contribution < -0.4 is 14.8 Å². The molecule has 29 heavy (non-hydrogen) atoms. The van der Waals surface area contributed by atoms with Crippen molar-refractivity contribution in [2.45, 2.75) is 19.5 Å². The third-order valence-corrected chi connectivity index (χ3v) is 4.74. The molecule has 1 aliphatic heterocycles. The molecule has 1 aliphatic rings. The number of nitrogens with zero attached hydrogens (tertiary/aromatic N) is 3. The van der Waals surface area contributed by atoms with E-state index in [-0.39, 0.29) is 10.6 Å². The topological polar surface area (TPSA) is 91.5 Å². The summed E-state index contributed by atoms with van der Waals surface area (Å²) in [5, 5.41) is 19.1. The molecule has 0 unspecified atom stereocenters. The number of rotatable bonds is 6. The highest BCUT2D eigenvalue weighted by Gasteiger charge is 2.16. The minimum absolute atomic E-state index is 0.120. The van der Waals surface area contributed by atoms with Crippen LogP contribution in [0.5, 0.6) is 11.5 Å². The van der Waals surface area contributed by atoms with E-state index >= 15 is 0 Å². The van der Waals surface area contributed by atoms with Gasteiger partial charge in [0, 0.05) is 55.5 Å². The first-order chi connectivity index (χ1) is 14.1. The third kappa shape index (κ3) is 4.22. The standard InChI is InChI=1S/C21H22N4O4/c1-24-14-17(13-22-12-16-5-2-3-6-18(16)25(26)27)21(23-24)15-7-8-19-20(11-15)29-10-4-9-28-19/h2-3,5-8,11,14,22H,4,9-10,12-13H2,1H3. The number of aromatic nitrogens is 2. The van der Waals surface area contributed by atoms with Gasteiger partial charge in [-0.2, -0.15) is 5.10 Å². The number of aryl methyl sites for hydroxylation is 1. The van der Waals surface area contributed by atoms with Crippen LogP contribution in [0, 0.1) is 10.1 Å². The molecule has 0 spiro atoms. The molecule has 1 aromatic heterocycles. The molecule has 0 saturated carbocycles. The number of ether oxygens (including phenoxy) is 2. The van der Waals surface area contributed by atoms with Gasteiger partial charge in [0.05, 0.1) is 23.8 Å². The number of hydrogen-bond donors (Lipinski definition) is 1. The van der Waals surface area contributed by atoms with Crippen molar-refractivity contribution in [3.05, 3.63) is 69.9 Å². The van der Waals surface area contributed by atoms with Crippen molar-refractivity contribution in [3.63, 3.8) is 0 Å². The van der Waals surface area contributed by atoms with E-state index in [2.05, 4.69) is 10.4 Å². The van der Waals surface area contributed by atoms with E-state index in [0.29, 0.717) is 31.9 Å². The summed E-state index contributed by atoms with van der Waals surface area (Å²) >= 11 is 0. The molecule has 0 aliphatic carbocycles. The van der Waals surface area contributed by atoms with Crippen LogP contribution in [0.1, 0.15) is 17.5 Å². The Balaban J connectivity index is 1.52. The van der Waals surface area contributed by atoms with Crippen LogP contribution in [0.3, 0.4) is 0 Å². The Kier molecular flexibility index (Phi) is 5.44. The summed E-state index contributed by atoms with van der Waals surface area (Å²) in [6.07, 6.45) is 2.80. The van der Waals surface area contributed by atoms with E-state index in [4.69, 9.17) is 9.47 Å². The number of nitro benzene ring substituents is 1. The fraction of sp³-hybridized carbons (Fsp3) is 0.286. The van der Waals surface area contributed by atoms with Crippen LogP contribution in [-0.4, -0.2) is 27.9 Å². The van der Waals surface area contributed by atoms with Gasteiger partial charge >= 0.3 is 0 Å². The van der Waals surface area contributed by atoms with Gasteiger partial charge in [0.15, 0.2) is 11.5 Å². The van der Waals surface area contributed by atoms with E-state index in [0.717, 1.165) is 34.7 Å². The zero-order valence-corrected chi connectivity index (χ0v) is 16.1. The molecule has 150 valence electrons. The SMILES string of the molecule is Cn1cc(CNCc2ccccc2[N+](=O)[O-])c(-c2ccc3c(c2)OCCCO3)n1. The Morgan fingerprint density at radius 2 is 1.86 bits per heavy atom. The first kappa shape index (κ1) is 18.9. The molecule has 0 bridgehead atoms. The van der Waals surface area contributed by atoms with Crippen LogP contribution in [0.25, 0.3) is 11.3 Å². The fourth-order valence-electron chi connectivity index (χ4n) is 3.39. The van der Waals surface area contributed by atoms with Gasteiger partial charge in [0.2, 0.25) is 0 Å². The van der Waals surface area contributed by atoms with Gasteiger partial charge in [0.1, 0.15) is 0 Å². The van der Waals surface area contributed by atoms with E-state index < -0.39 is 0 Å². The quantitative estimate of drug-likeness (QED) is 0.509. The number of hydrogen-bond acceptors (Lipinski definition) is 6. The van der Waals surface area contributed by atoms with Crippen molar-refractivity contribution < 1.29 is 14.4 Å². The minimum Gasteiger partial charge on any atom is -0.490 e. The van der Waals surface area contributed by atoms with Crippen molar-refractivity contribution in [3.8, 4) is 22.8 Å². The van der Waals surface area contributed by atoms with Crippen molar-refractivity contribution in [2.75, 3.05) is 13.2 Å². The molecule has 3 aromatic rings. The normalized spacial score (nSPS) is 13.1. The number of nitro groups is 1. The van der Waals surface area contributed by atoms with Crippen LogP contribution in [0.4, 0.5) is 5.69 Å². The van der Waals surface area contributed by atoms with Crippen LogP contribution >= 0.6 is 0 Å². The third-order valence-electron chi connectivity index (χ3n) is 4.74. The molecule has 8 heteroatoms. The molecule has 0 radical (unpaired) electrons. The van der Waals surface area contributed by atoms with Crippen molar-refractivity contribution in [1.29, 1.82) is 0 Å². The second-order valence-electron chi connectivity index (χ2n) is 6.88. The first-order valence-electron chi connectivity index (χ1n) is 9.47. The predicted octanol–water partition coefficient (Wildman–Crippen LogP) is 3.45. The zero-order chi connectivity index (χ0) is 20.2. The number of benzene rings is 2. The highest BCUT2D eigenvalue weighted by atomic mass is 16.6. The number of nitrogens with one attached hydrogen (secondary N) is 1. The summed E-state index contributed by atoms with van der Waals surface area (Å²) in [5.74, 6) is 1.47. The maximum Gasteiger partial charge on any atom is 0.273 e. The van der Waals surface area contributed by atoms with Crippen LogP contribution in [-0.2, 0) is 20.1 Å². The van der Waals surface area contributed by atoms with Gasteiger partial charge in [-0.3, -0.25) is 14.8 Å². The smallest absolute Gasteiger partial charge is 0.273 e. The first-order valence-corrected chi connectivity index (χ1v) is 9.47. The summed E-state index contributed by atoms with van der Waals surface area (Å²) in [7, 11) is 1.87. The zero-order valence-electron chi connectivity index (χ0n) is 16.1. The Bertz CT molecular complexity index is 1030. The average molecular weight is 394 g/mol. The summed E-state index contributed by atoms with van der Waals surface area (Å²) in [6.45, 7) is 2.20. The van der Waals surface area contributed by atoms with E-state index in [1.165, 1.54) is 6.07 Å². The molecule has 0 fully saturated rings. The van der Waals surface area contributed by atoms with Crippen molar-refractivity contribution >= 4 is 5.69 Å². The summed E-state index contributed by atoms with van der Waals surface area (Å²) in [6, 6.07) is 12.6. The molecule has 0 saturated heterocycles. The summed E-state index contributed by atoms with van der Waals surface area (Å²) in [5.41, 5.74) is 3.56. The molecular formula is C21H22N4O4. The monoisotopic (exact) mass is 394 g/mol. The Labute approximate surface area is 168 Å². The lowest BCUT2D eigenvalue weighted by molar-refractivity contribution is -0.385. The lowest BCUT2D eigenvalue weighted by atomic mass is 10.1. The average Bonchev–Trinajstić information content (AvgIpc) is 2.93. The molecule has 2 heterocycles. The van der Waals surface area contributed by atoms with Gasteiger partial charge in [0.25, 0.3) is 5.69 Å². The second kappa shape index (κ2) is 8.32. The molecule has 8 nitrogen and oxygen atoms in total. The molecule has 0 amide bonds. The Morgan fingerprint density at radius 1 is 1.10 bits per heavy atom. The van der Waals surface area contributed by atoms with Crippen LogP contribution in [0.15, 0.2) is 48.7 Å². The van der Waals surface area contributed by atoms with Gasteiger partial charge in [-0.15, -0.1) is 0 Å². The predicted molar refractivity (Wildman–Crippen MR) is 108 cm³/mol. The Hall–Kier alpha value is -3.39. The van der Waals surface area contributed by atoms with E-state index in [9.17, 15) is 10.1 Å². The lowest BCUT2D eigenvalue weighted by Crippen LogP contribution is -2.14. The molecule has 1 N–H and O–H groups in total. The van der Waals surface area contributed by atoms with Gasteiger partial charge in [-0.1, -0.05) is 18.2 Å². The number of fused-ring (bicyclic) bond motifs is 1. The largest absolute Gasteiger partial charge is 0.490 e. The van der Waals surface area contributed by atoms with Gasteiger partial charge in [-0.25, -0.2) is 0 Å².